The smallest absolute Gasteiger partial charge is 0.0192 e. The zero-order chi connectivity index (χ0) is 13.3. The second-order valence-electron chi connectivity index (χ2n) is 5.74. The highest BCUT2D eigenvalue weighted by molar-refractivity contribution is 5.14. The lowest BCUT2D eigenvalue weighted by Gasteiger charge is -2.32. The Balaban J connectivity index is 1.54. The van der Waals surface area contributed by atoms with Crippen LogP contribution in [0.5, 0.6) is 0 Å². The molecule has 1 unspecified atom stereocenters. The molecule has 1 atom stereocenters. The summed E-state index contributed by atoms with van der Waals surface area (Å²) in [6.07, 6.45) is 6.62. The van der Waals surface area contributed by atoms with E-state index in [0.717, 1.165) is 13.1 Å². The number of likely N-dealkylation sites (tertiary alicyclic amines) is 1. The summed E-state index contributed by atoms with van der Waals surface area (Å²) in [6, 6.07) is 11.5. The molecular weight excluding hydrogens is 232 g/mol. The highest BCUT2D eigenvalue weighted by atomic mass is 15.2. The molecule has 0 bridgehead atoms. The maximum absolute atomic E-state index is 3.61. The Labute approximate surface area is 118 Å². The molecule has 1 heterocycles. The van der Waals surface area contributed by atoms with Crippen LogP contribution in [0.3, 0.4) is 0 Å². The first-order valence-corrected chi connectivity index (χ1v) is 7.85. The molecule has 0 amide bonds. The summed E-state index contributed by atoms with van der Waals surface area (Å²) in [5.41, 5.74) is 1.45. The molecule has 1 aliphatic heterocycles. The first-order valence-electron chi connectivity index (χ1n) is 7.85. The topological polar surface area (TPSA) is 15.3 Å². The van der Waals surface area contributed by atoms with Crippen molar-refractivity contribution in [2.75, 3.05) is 26.2 Å². The monoisotopic (exact) mass is 260 g/mol. The average molecular weight is 260 g/mol. The van der Waals surface area contributed by atoms with Crippen molar-refractivity contribution in [1.82, 2.24) is 10.2 Å². The number of nitrogens with one attached hydrogen (secondary N) is 1. The fourth-order valence-corrected chi connectivity index (χ4v) is 2.86. The fourth-order valence-electron chi connectivity index (χ4n) is 2.86. The lowest BCUT2D eigenvalue weighted by molar-refractivity contribution is 0.171. The number of rotatable bonds is 7. The molecule has 2 rings (SSSR count). The van der Waals surface area contributed by atoms with Crippen molar-refractivity contribution < 1.29 is 0 Å². The van der Waals surface area contributed by atoms with Crippen LogP contribution in [0.1, 0.15) is 38.2 Å². The first kappa shape index (κ1) is 14.5. The van der Waals surface area contributed by atoms with E-state index < -0.39 is 0 Å². The quantitative estimate of drug-likeness (QED) is 0.758. The van der Waals surface area contributed by atoms with Crippen LogP contribution >= 0.6 is 0 Å². The standard InChI is InChI=1S/C17H28N2/c1-16(19-13-6-3-7-14-19)15-18-12-8-11-17-9-4-2-5-10-17/h2,4-5,9-10,16,18H,3,6-8,11-15H2,1H3. The molecule has 1 aromatic rings. The van der Waals surface area contributed by atoms with Crippen LogP contribution in [0.2, 0.25) is 0 Å². The van der Waals surface area contributed by atoms with Gasteiger partial charge in [-0.3, -0.25) is 4.90 Å². The van der Waals surface area contributed by atoms with E-state index in [4.69, 9.17) is 0 Å². The third-order valence-electron chi connectivity index (χ3n) is 4.12. The molecule has 1 N–H and O–H groups in total. The van der Waals surface area contributed by atoms with Crippen LogP contribution in [0.25, 0.3) is 0 Å². The predicted octanol–water partition coefficient (Wildman–Crippen LogP) is 3.08. The molecular formula is C17H28N2. The van der Waals surface area contributed by atoms with E-state index in [2.05, 4.69) is 47.5 Å². The summed E-state index contributed by atoms with van der Waals surface area (Å²) in [6.45, 7) is 7.22. The van der Waals surface area contributed by atoms with Gasteiger partial charge < -0.3 is 5.32 Å². The molecule has 0 spiro atoms. The number of aryl methyl sites for hydroxylation is 1. The molecule has 0 aromatic heterocycles. The maximum atomic E-state index is 3.61. The Morgan fingerprint density at radius 3 is 2.58 bits per heavy atom. The van der Waals surface area contributed by atoms with Gasteiger partial charge in [-0.15, -0.1) is 0 Å². The van der Waals surface area contributed by atoms with Gasteiger partial charge in [0.2, 0.25) is 0 Å². The second kappa shape index (κ2) is 8.34. The summed E-state index contributed by atoms with van der Waals surface area (Å²) >= 11 is 0. The fraction of sp³-hybridized carbons (Fsp3) is 0.647. The summed E-state index contributed by atoms with van der Waals surface area (Å²) in [7, 11) is 0. The highest BCUT2D eigenvalue weighted by Gasteiger charge is 2.15. The van der Waals surface area contributed by atoms with E-state index in [1.807, 2.05) is 0 Å². The molecule has 2 nitrogen and oxygen atoms in total. The van der Waals surface area contributed by atoms with Gasteiger partial charge in [0.1, 0.15) is 0 Å². The molecule has 1 aliphatic rings. The minimum atomic E-state index is 0.692. The van der Waals surface area contributed by atoms with Gasteiger partial charge in [0.25, 0.3) is 0 Å². The normalized spacial score (nSPS) is 18.4. The van der Waals surface area contributed by atoms with Gasteiger partial charge in [0.05, 0.1) is 0 Å². The van der Waals surface area contributed by atoms with E-state index in [9.17, 15) is 0 Å². The molecule has 0 radical (unpaired) electrons. The Bertz CT molecular complexity index is 330. The van der Waals surface area contributed by atoms with Gasteiger partial charge in [-0.2, -0.15) is 0 Å². The first-order chi connectivity index (χ1) is 9.36. The van der Waals surface area contributed by atoms with E-state index >= 15 is 0 Å². The number of hydrogen-bond donors (Lipinski definition) is 1. The SMILES string of the molecule is CC(CNCCCc1ccccc1)N1CCCCC1. The van der Waals surface area contributed by atoms with Gasteiger partial charge >= 0.3 is 0 Å². The Morgan fingerprint density at radius 2 is 1.84 bits per heavy atom. The molecule has 2 heteroatoms. The molecule has 1 aromatic carbocycles. The summed E-state index contributed by atoms with van der Waals surface area (Å²) in [5.74, 6) is 0. The van der Waals surface area contributed by atoms with Crippen LogP contribution in [0, 0.1) is 0 Å². The molecule has 0 saturated carbocycles. The summed E-state index contributed by atoms with van der Waals surface area (Å²) < 4.78 is 0. The van der Waals surface area contributed by atoms with E-state index in [-0.39, 0.29) is 0 Å². The van der Waals surface area contributed by atoms with Crippen LogP contribution < -0.4 is 5.32 Å². The summed E-state index contributed by atoms with van der Waals surface area (Å²) in [5, 5.41) is 3.61. The number of piperidine rings is 1. The van der Waals surface area contributed by atoms with Crippen molar-refractivity contribution >= 4 is 0 Å². The van der Waals surface area contributed by atoms with Gasteiger partial charge in [0, 0.05) is 12.6 Å². The van der Waals surface area contributed by atoms with Crippen molar-refractivity contribution in [3.8, 4) is 0 Å². The van der Waals surface area contributed by atoms with E-state index in [1.54, 1.807) is 0 Å². The van der Waals surface area contributed by atoms with Crippen LogP contribution in [0.4, 0.5) is 0 Å². The van der Waals surface area contributed by atoms with E-state index in [1.165, 1.54) is 50.8 Å². The van der Waals surface area contributed by atoms with Crippen molar-refractivity contribution in [3.05, 3.63) is 35.9 Å². The maximum Gasteiger partial charge on any atom is 0.0192 e. The van der Waals surface area contributed by atoms with Crippen LogP contribution in [0.15, 0.2) is 30.3 Å². The van der Waals surface area contributed by atoms with E-state index in [0.29, 0.717) is 6.04 Å². The van der Waals surface area contributed by atoms with Crippen molar-refractivity contribution in [1.29, 1.82) is 0 Å². The third kappa shape index (κ3) is 5.33. The van der Waals surface area contributed by atoms with Gasteiger partial charge in [0.15, 0.2) is 0 Å². The second-order valence-corrected chi connectivity index (χ2v) is 5.74. The molecule has 0 aliphatic carbocycles. The highest BCUT2D eigenvalue weighted by Crippen LogP contribution is 2.11. The number of benzene rings is 1. The van der Waals surface area contributed by atoms with Crippen LogP contribution in [-0.2, 0) is 6.42 Å². The minimum Gasteiger partial charge on any atom is -0.315 e. The molecule has 1 fully saturated rings. The molecule has 106 valence electrons. The predicted molar refractivity (Wildman–Crippen MR) is 82.5 cm³/mol. The van der Waals surface area contributed by atoms with Gasteiger partial charge in [-0.1, -0.05) is 36.8 Å². The largest absolute Gasteiger partial charge is 0.315 e. The lowest BCUT2D eigenvalue weighted by Crippen LogP contribution is -2.43. The Kier molecular flexibility index (Phi) is 6.38. The Morgan fingerprint density at radius 1 is 1.11 bits per heavy atom. The number of hydrogen-bond acceptors (Lipinski definition) is 2. The average Bonchev–Trinajstić information content (AvgIpc) is 2.49. The summed E-state index contributed by atoms with van der Waals surface area (Å²) in [4.78, 5) is 2.63. The van der Waals surface area contributed by atoms with Crippen molar-refractivity contribution in [2.45, 2.75) is 45.1 Å². The van der Waals surface area contributed by atoms with Crippen molar-refractivity contribution in [2.24, 2.45) is 0 Å². The minimum absolute atomic E-state index is 0.692. The third-order valence-corrected chi connectivity index (χ3v) is 4.12. The zero-order valence-electron chi connectivity index (χ0n) is 12.3. The van der Waals surface area contributed by atoms with Crippen molar-refractivity contribution in [3.63, 3.8) is 0 Å². The molecule has 19 heavy (non-hydrogen) atoms. The van der Waals surface area contributed by atoms with Gasteiger partial charge in [-0.05, 0) is 57.8 Å². The zero-order valence-corrected chi connectivity index (χ0v) is 12.3. The molecule has 1 saturated heterocycles. The Hall–Kier alpha value is -0.860. The van der Waals surface area contributed by atoms with Gasteiger partial charge in [-0.25, -0.2) is 0 Å². The number of nitrogens with zero attached hydrogens (tertiary/aromatic N) is 1. The van der Waals surface area contributed by atoms with Crippen LogP contribution in [-0.4, -0.2) is 37.1 Å². The lowest BCUT2D eigenvalue weighted by atomic mass is 10.1.